The van der Waals surface area contributed by atoms with E-state index in [1.807, 2.05) is 26.0 Å². The quantitative estimate of drug-likeness (QED) is 0.768. The first-order valence-corrected chi connectivity index (χ1v) is 7.88. The molecule has 0 bridgehead atoms. The van der Waals surface area contributed by atoms with E-state index in [-0.39, 0.29) is 18.4 Å². The number of aromatic nitrogens is 2. The average molecular weight is 334 g/mol. The number of carbonyl (C=O) groups excluding carboxylic acids is 2. The monoisotopic (exact) mass is 334 g/mol. The van der Waals surface area contributed by atoms with E-state index in [0.29, 0.717) is 16.8 Å². The molecule has 2 aromatic heterocycles. The van der Waals surface area contributed by atoms with Crippen LogP contribution in [0.25, 0.3) is 10.9 Å². The van der Waals surface area contributed by atoms with Gasteiger partial charge in [0, 0.05) is 17.8 Å². The Bertz CT molecular complexity index is 939. The van der Waals surface area contributed by atoms with E-state index in [9.17, 15) is 9.59 Å². The SMILES string of the molecule is Cc1cc(C(=O)NCC(=O)Nc2cccnc2)c2nccc(C)c2c1. The average Bonchev–Trinajstić information content (AvgIpc) is 2.61. The van der Waals surface area contributed by atoms with Gasteiger partial charge in [-0.25, -0.2) is 0 Å². The summed E-state index contributed by atoms with van der Waals surface area (Å²) < 4.78 is 0. The van der Waals surface area contributed by atoms with Gasteiger partial charge in [0.15, 0.2) is 0 Å². The standard InChI is InChI=1S/C19H18N4O2/c1-12-8-15-13(2)5-7-21-18(15)16(9-12)19(25)22-11-17(24)23-14-4-3-6-20-10-14/h3-10H,11H2,1-2H3,(H,22,25)(H,23,24). The van der Waals surface area contributed by atoms with Crippen molar-refractivity contribution in [3.63, 3.8) is 0 Å². The van der Waals surface area contributed by atoms with E-state index < -0.39 is 0 Å². The molecule has 0 unspecified atom stereocenters. The van der Waals surface area contributed by atoms with Crippen LogP contribution in [-0.2, 0) is 4.79 Å². The van der Waals surface area contributed by atoms with Crippen LogP contribution in [0.15, 0.2) is 48.9 Å². The molecule has 25 heavy (non-hydrogen) atoms. The number of nitrogens with zero attached hydrogens (tertiary/aromatic N) is 2. The number of hydrogen-bond donors (Lipinski definition) is 2. The van der Waals surface area contributed by atoms with Crippen LogP contribution in [0.2, 0.25) is 0 Å². The van der Waals surface area contributed by atoms with Gasteiger partial charge in [-0.3, -0.25) is 19.6 Å². The fraction of sp³-hybridized carbons (Fsp3) is 0.158. The van der Waals surface area contributed by atoms with Gasteiger partial charge in [0.25, 0.3) is 5.91 Å². The van der Waals surface area contributed by atoms with E-state index >= 15 is 0 Å². The number of pyridine rings is 2. The normalized spacial score (nSPS) is 10.5. The Morgan fingerprint density at radius 3 is 2.72 bits per heavy atom. The zero-order valence-electron chi connectivity index (χ0n) is 14.0. The third kappa shape index (κ3) is 3.80. The molecule has 0 aliphatic carbocycles. The predicted molar refractivity (Wildman–Crippen MR) is 96.4 cm³/mol. The van der Waals surface area contributed by atoms with E-state index in [4.69, 9.17) is 0 Å². The fourth-order valence-electron chi connectivity index (χ4n) is 2.60. The summed E-state index contributed by atoms with van der Waals surface area (Å²) in [6.45, 7) is 3.78. The maximum atomic E-state index is 12.5. The highest BCUT2D eigenvalue weighted by Crippen LogP contribution is 2.22. The Kier molecular flexibility index (Phi) is 4.70. The molecule has 0 aliphatic rings. The van der Waals surface area contributed by atoms with Crippen LogP contribution in [-0.4, -0.2) is 28.3 Å². The maximum Gasteiger partial charge on any atom is 0.253 e. The molecule has 6 nitrogen and oxygen atoms in total. The van der Waals surface area contributed by atoms with Crippen molar-refractivity contribution in [3.05, 3.63) is 65.6 Å². The molecule has 0 atom stereocenters. The van der Waals surface area contributed by atoms with Gasteiger partial charge in [0.2, 0.25) is 5.91 Å². The van der Waals surface area contributed by atoms with Crippen molar-refractivity contribution in [1.82, 2.24) is 15.3 Å². The van der Waals surface area contributed by atoms with Crippen molar-refractivity contribution in [2.75, 3.05) is 11.9 Å². The molecule has 0 aliphatic heterocycles. The molecule has 2 heterocycles. The first-order chi connectivity index (χ1) is 12.0. The molecule has 1 aromatic carbocycles. The van der Waals surface area contributed by atoms with Crippen LogP contribution >= 0.6 is 0 Å². The summed E-state index contributed by atoms with van der Waals surface area (Å²) in [6, 6.07) is 9.14. The molecule has 2 N–H and O–H groups in total. The number of nitrogens with one attached hydrogen (secondary N) is 2. The van der Waals surface area contributed by atoms with Crippen molar-refractivity contribution in [2.24, 2.45) is 0 Å². The number of rotatable bonds is 4. The number of amides is 2. The van der Waals surface area contributed by atoms with Crippen LogP contribution in [0.5, 0.6) is 0 Å². The van der Waals surface area contributed by atoms with E-state index in [1.165, 1.54) is 0 Å². The topological polar surface area (TPSA) is 84.0 Å². The maximum absolute atomic E-state index is 12.5. The third-order valence-electron chi connectivity index (χ3n) is 3.81. The summed E-state index contributed by atoms with van der Waals surface area (Å²) in [4.78, 5) is 32.8. The molecule has 126 valence electrons. The minimum atomic E-state index is -0.326. The van der Waals surface area contributed by atoms with Gasteiger partial charge in [-0.05, 0) is 55.3 Å². The highest BCUT2D eigenvalue weighted by molar-refractivity contribution is 6.07. The fourth-order valence-corrected chi connectivity index (χ4v) is 2.60. The molecular formula is C19H18N4O2. The van der Waals surface area contributed by atoms with Crippen molar-refractivity contribution >= 4 is 28.4 Å². The van der Waals surface area contributed by atoms with Crippen LogP contribution < -0.4 is 10.6 Å². The molecule has 0 fully saturated rings. The Labute approximate surface area is 145 Å². The number of hydrogen-bond acceptors (Lipinski definition) is 4. The number of carbonyl (C=O) groups is 2. The largest absolute Gasteiger partial charge is 0.343 e. The van der Waals surface area contributed by atoms with E-state index in [1.54, 1.807) is 36.8 Å². The van der Waals surface area contributed by atoms with Gasteiger partial charge in [-0.15, -0.1) is 0 Å². The molecule has 0 saturated carbocycles. The number of fused-ring (bicyclic) bond motifs is 1. The number of anilines is 1. The second kappa shape index (κ2) is 7.09. The number of benzene rings is 1. The van der Waals surface area contributed by atoms with Crippen LogP contribution in [0.4, 0.5) is 5.69 Å². The van der Waals surface area contributed by atoms with Crippen molar-refractivity contribution in [1.29, 1.82) is 0 Å². The van der Waals surface area contributed by atoms with Gasteiger partial charge in [0.05, 0.1) is 29.5 Å². The van der Waals surface area contributed by atoms with E-state index in [2.05, 4.69) is 20.6 Å². The van der Waals surface area contributed by atoms with Gasteiger partial charge in [0.1, 0.15) is 0 Å². The Hall–Kier alpha value is -3.28. The summed E-state index contributed by atoms with van der Waals surface area (Å²) >= 11 is 0. The summed E-state index contributed by atoms with van der Waals surface area (Å²) in [5.41, 5.74) is 3.70. The predicted octanol–water partition coefficient (Wildman–Crippen LogP) is 2.62. The lowest BCUT2D eigenvalue weighted by molar-refractivity contribution is -0.115. The third-order valence-corrected chi connectivity index (χ3v) is 3.81. The van der Waals surface area contributed by atoms with Crippen molar-refractivity contribution in [2.45, 2.75) is 13.8 Å². The Morgan fingerprint density at radius 2 is 1.96 bits per heavy atom. The highest BCUT2D eigenvalue weighted by atomic mass is 16.2. The lowest BCUT2D eigenvalue weighted by atomic mass is 10.0. The smallest absolute Gasteiger partial charge is 0.253 e. The molecule has 0 radical (unpaired) electrons. The van der Waals surface area contributed by atoms with Crippen LogP contribution in [0, 0.1) is 13.8 Å². The first-order valence-electron chi connectivity index (χ1n) is 7.88. The highest BCUT2D eigenvalue weighted by Gasteiger charge is 2.14. The number of aryl methyl sites for hydroxylation is 2. The van der Waals surface area contributed by atoms with Gasteiger partial charge in [-0.1, -0.05) is 0 Å². The van der Waals surface area contributed by atoms with Gasteiger partial charge >= 0.3 is 0 Å². The minimum absolute atomic E-state index is 0.130. The first kappa shape index (κ1) is 16.6. The Balaban J connectivity index is 1.74. The summed E-state index contributed by atoms with van der Waals surface area (Å²) in [5.74, 6) is -0.643. The summed E-state index contributed by atoms with van der Waals surface area (Å²) in [7, 11) is 0. The summed E-state index contributed by atoms with van der Waals surface area (Å²) in [5, 5.41) is 6.26. The summed E-state index contributed by atoms with van der Waals surface area (Å²) in [6.07, 6.45) is 4.84. The zero-order valence-corrected chi connectivity index (χ0v) is 14.0. The molecule has 2 amide bonds. The molecule has 0 saturated heterocycles. The van der Waals surface area contributed by atoms with E-state index in [0.717, 1.165) is 16.5 Å². The Morgan fingerprint density at radius 1 is 1.12 bits per heavy atom. The van der Waals surface area contributed by atoms with Crippen LogP contribution in [0.3, 0.4) is 0 Å². The molecule has 3 aromatic rings. The van der Waals surface area contributed by atoms with Gasteiger partial charge in [-0.2, -0.15) is 0 Å². The zero-order chi connectivity index (χ0) is 17.8. The van der Waals surface area contributed by atoms with Gasteiger partial charge < -0.3 is 10.6 Å². The molecular weight excluding hydrogens is 316 g/mol. The molecule has 3 rings (SSSR count). The lowest BCUT2D eigenvalue weighted by Crippen LogP contribution is -2.33. The second-order valence-corrected chi connectivity index (χ2v) is 5.81. The lowest BCUT2D eigenvalue weighted by Gasteiger charge is -2.10. The minimum Gasteiger partial charge on any atom is -0.343 e. The van der Waals surface area contributed by atoms with Crippen LogP contribution in [0.1, 0.15) is 21.5 Å². The molecule has 6 heteroatoms. The molecule has 0 spiro atoms. The van der Waals surface area contributed by atoms with Crippen molar-refractivity contribution in [3.8, 4) is 0 Å². The second-order valence-electron chi connectivity index (χ2n) is 5.81. The van der Waals surface area contributed by atoms with Crippen molar-refractivity contribution < 1.29 is 9.59 Å².